The molecule has 0 bridgehead atoms. The van der Waals surface area contributed by atoms with Gasteiger partial charge in [-0.3, -0.25) is 4.90 Å². The maximum absolute atomic E-state index is 5.84. The fraction of sp³-hybridized carbons (Fsp3) is 0.667. The number of benzene rings is 1. The fourth-order valence-corrected chi connectivity index (χ4v) is 3.05. The highest BCUT2D eigenvalue weighted by atomic mass is 16.5. The van der Waals surface area contributed by atoms with E-state index in [-0.39, 0.29) is 0 Å². The molecule has 1 saturated heterocycles. The summed E-state index contributed by atoms with van der Waals surface area (Å²) >= 11 is 0. The number of ether oxygens (including phenoxy) is 1. The van der Waals surface area contributed by atoms with E-state index in [0.29, 0.717) is 6.54 Å². The lowest BCUT2D eigenvalue weighted by molar-refractivity contribution is 0.136. The Bertz CT molecular complexity index is 394. The van der Waals surface area contributed by atoms with Crippen LogP contribution in [-0.4, -0.2) is 37.7 Å². The molecule has 2 N–H and O–H groups in total. The van der Waals surface area contributed by atoms with Crippen molar-refractivity contribution < 1.29 is 4.74 Å². The van der Waals surface area contributed by atoms with Crippen molar-refractivity contribution in [1.29, 1.82) is 0 Å². The van der Waals surface area contributed by atoms with Crippen LogP contribution in [0.1, 0.15) is 32.3 Å². The van der Waals surface area contributed by atoms with Gasteiger partial charge in [-0.2, -0.15) is 0 Å². The molecule has 0 amide bonds. The monoisotopic (exact) mass is 290 g/mol. The summed E-state index contributed by atoms with van der Waals surface area (Å²) < 4.78 is 5.84. The first kappa shape index (κ1) is 16.3. The van der Waals surface area contributed by atoms with Gasteiger partial charge in [-0.1, -0.05) is 26.0 Å². The summed E-state index contributed by atoms with van der Waals surface area (Å²) in [6, 6.07) is 8.32. The lowest BCUT2D eigenvalue weighted by atomic mass is 9.87. The maximum Gasteiger partial charge on any atom is 0.119 e. The van der Waals surface area contributed by atoms with Crippen LogP contribution in [0.5, 0.6) is 5.75 Å². The van der Waals surface area contributed by atoms with E-state index in [4.69, 9.17) is 10.5 Å². The third-order valence-electron chi connectivity index (χ3n) is 4.61. The topological polar surface area (TPSA) is 38.5 Å². The van der Waals surface area contributed by atoms with E-state index < -0.39 is 0 Å². The Hall–Kier alpha value is -1.06. The molecule has 3 nitrogen and oxygen atoms in total. The van der Waals surface area contributed by atoms with E-state index in [1.54, 1.807) is 0 Å². The molecule has 1 aromatic rings. The largest absolute Gasteiger partial charge is 0.492 e. The van der Waals surface area contributed by atoms with Crippen LogP contribution in [0.3, 0.4) is 0 Å². The van der Waals surface area contributed by atoms with Crippen molar-refractivity contribution in [3.63, 3.8) is 0 Å². The second-order valence-electron chi connectivity index (χ2n) is 6.45. The summed E-state index contributed by atoms with van der Waals surface area (Å²) in [4.78, 5) is 2.53. The van der Waals surface area contributed by atoms with Crippen molar-refractivity contribution in [3.05, 3.63) is 29.8 Å². The summed E-state index contributed by atoms with van der Waals surface area (Å²) in [5.74, 6) is 2.71. The molecule has 3 heteroatoms. The third kappa shape index (κ3) is 5.33. The Morgan fingerprint density at radius 1 is 1.19 bits per heavy atom. The SMILES string of the molecule is CC(C)C1CCN(CCOc2ccc(CCN)cc2)CC1. The van der Waals surface area contributed by atoms with Crippen LogP contribution in [0.25, 0.3) is 0 Å². The molecular formula is C18H30N2O. The molecule has 0 spiro atoms. The van der Waals surface area contributed by atoms with Crippen LogP contribution in [0.15, 0.2) is 24.3 Å². The predicted molar refractivity (Wildman–Crippen MR) is 88.7 cm³/mol. The van der Waals surface area contributed by atoms with E-state index in [1.165, 1.54) is 31.5 Å². The van der Waals surface area contributed by atoms with Crippen LogP contribution in [0.2, 0.25) is 0 Å². The van der Waals surface area contributed by atoms with Crippen molar-refractivity contribution in [2.45, 2.75) is 33.1 Å². The number of nitrogens with two attached hydrogens (primary N) is 1. The molecule has 1 aromatic carbocycles. The van der Waals surface area contributed by atoms with Gasteiger partial charge < -0.3 is 10.5 Å². The number of rotatable bonds is 7. The Morgan fingerprint density at radius 3 is 2.43 bits per heavy atom. The second kappa shape index (κ2) is 8.40. The van der Waals surface area contributed by atoms with Crippen molar-refractivity contribution in [2.24, 2.45) is 17.6 Å². The predicted octanol–water partition coefficient (Wildman–Crippen LogP) is 2.93. The van der Waals surface area contributed by atoms with Gasteiger partial charge in [-0.25, -0.2) is 0 Å². The third-order valence-corrected chi connectivity index (χ3v) is 4.61. The van der Waals surface area contributed by atoms with Crippen molar-refractivity contribution in [2.75, 3.05) is 32.8 Å². The Kier molecular flexibility index (Phi) is 6.52. The summed E-state index contributed by atoms with van der Waals surface area (Å²) in [7, 11) is 0. The highest BCUT2D eigenvalue weighted by Gasteiger charge is 2.21. The van der Waals surface area contributed by atoms with E-state index >= 15 is 0 Å². The molecule has 1 aliphatic heterocycles. The maximum atomic E-state index is 5.84. The minimum absolute atomic E-state index is 0.701. The average Bonchev–Trinajstić information content (AvgIpc) is 2.50. The van der Waals surface area contributed by atoms with Gasteiger partial charge in [-0.15, -0.1) is 0 Å². The van der Waals surface area contributed by atoms with E-state index in [0.717, 1.165) is 37.2 Å². The average molecular weight is 290 g/mol. The molecule has 118 valence electrons. The Labute approximate surface area is 129 Å². The number of piperidine rings is 1. The molecule has 21 heavy (non-hydrogen) atoms. The van der Waals surface area contributed by atoms with Gasteiger partial charge in [0, 0.05) is 6.54 Å². The molecule has 1 fully saturated rings. The molecule has 1 heterocycles. The van der Waals surface area contributed by atoms with E-state index in [2.05, 4.69) is 43.0 Å². The molecule has 0 saturated carbocycles. The van der Waals surface area contributed by atoms with E-state index in [1.807, 2.05) is 0 Å². The first-order chi connectivity index (χ1) is 10.2. The molecular weight excluding hydrogens is 260 g/mol. The molecule has 0 aromatic heterocycles. The number of hydrogen-bond donors (Lipinski definition) is 1. The lowest BCUT2D eigenvalue weighted by Crippen LogP contribution is -2.37. The number of nitrogens with zero attached hydrogens (tertiary/aromatic N) is 1. The van der Waals surface area contributed by atoms with Gasteiger partial charge in [0.2, 0.25) is 0 Å². The highest BCUT2D eigenvalue weighted by molar-refractivity contribution is 5.27. The first-order valence-corrected chi connectivity index (χ1v) is 8.33. The van der Waals surface area contributed by atoms with Gasteiger partial charge >= 0.3 is 0 Å². The minimum Gasteiger partial charge on any atom is -0.492 e. The van der Waals surface area contributed by atoms with Gasteiger partial charge in [0.1, 0.15) is 12.4 Å². The summed E-state index contributed by atoms with van der Waals surface area (Å²) in [5.41, 5.74) is 6.83. The normalized spacial score (nSPS) is 17.3. The van der Waals surface area contributed by atoms with Gasteiger partial charge in [0.15, 0.2) is 0 Å². The lowest BCUT2D eigenvalue weighted by Gasteiger charge is -2.33. The molecule has 0 aliphatic carbocycles. The smallest absolute Gasteiger partial charge is 0.119 e. The first-order valence-electron chi connectivity index (χ1n) is 8.33. The molecule has 0 atom stereocenters. The summed E-state index contributed by atoms with van der Waals surface area (Å²) in [5, 5.41) is 0. The zero-order valence-corrected chi connectivity index (χ0v) is 13.6. The zero-order chi connectivity index (χ0) is 15.1. The van der Waals surface area contributed by atoms with Gasteiger partial charge in [0.25, 0.3) is 0 Å². The standard InChI is InChI=1S/C18H30N2O/c1-15(2)17-8-11-20(12-9-17)13-14-21-18-5-3-16(4-6-18)7-10-19/h3-6,15,17H,7-14,19H2,1-2H3. The zero-order valence-electron chi connectivity index (χ0n) is 13.6. The van der Waals surface area contributed by atoms with Crippen LogP contribution >= 0.6 is 0 Å². The van der Waals surface area contributed by atoms with Crippen LogP contribution in [-0.2, 0) is 6.42 Å². The van der Waals surface area contributed by atoms with Crippen molar-refractivity contribution >= 4 is 0 Å². The summed E-state index contributed by atoms with van der Waals surface area (Å²) in [6.45, 7) is 9.66. The highest BCUT2D eigenvalue weighted by Crippen LogP contribution is 2.24. The number of hydrogen-bond acceptors (Lipinski definition) is 3. The van der Waals surface area contributed by atoms with Crippen LogP contribution in [0.4, 0.5) is 0 Å². The van der Waals surface area contributed by atoms with Crippen LogP contribution < -0.4 is 10.5 Å². The molecule has 2 rings (SSSR count). The van der Waals surface area contributed by atoms with Gasteiger partial charge in [-0.05, 0) is 68.4 Å². The molecule has 0 unspecified atom stereocenters. The van der Waals surface area contributed by atoms with E-state index in [9.17, 15) is 0 Å². The quantitative estimate of drug-likeness (QED) is 0.839. The number of likely N-dealkylation sites (tertiary alicyclic amines) is 1. The van der Waals surface area contributed by atoms with Crippen molar-refractivity contribution in [1.82, 2.24) is 4.90 Å². The molecule has 1 aliphatic rings. The van der Waals surface area contributed by atoms with Gasteiger partial charge in [0.05, 0.1) is 0 Å². The molecule has 0 radical (unpaired) electrons. The van der Waals surface area contributed by atoms with Crippen LogP contribution in [0, 0.1) is 11.8 Å². The summed E-state index contributed by atoms with van der Waals surface area (Å²) in [6.07, 6.45) is 3.61. The second-order valence-corrected chi connectivity index (χ2v) is 6.45. The fourth-order valence-electron chi connectivity index (χ4n) is 3.05. The van der Waals surface area contributed by atoms with Crippen molar-refractivity contribution in [3.8, 4) is 5.75 Å². The Balaban J connectivity index is 1.65. The minimum atomic E-state index is 0.701. The Morgan fingerprint density at radius 2 is 1.86 bits per heavy atom.